The Labute approximate surface area is 106 Å². The number of rotatable bonds is 6. The summed E-state index contributed by atoms with van der Waals surface area (Å²) in [6.07, 6.45) is 0.529. The van der Waals surface area contributed by atoms with Crippen molar-refractivity contribution in [2.75, 3.05) is 18.9 Å². The van der Waals surface area contributed by atoms with Crippen LogP contribution >= 0.6 is 0 Å². The number of amides is 2. The van der Waals surface area contributed by atoms with Gasteiger partial charge in [0.1, 0.15) is 0 Å². The van der Waals surface area contributed by atoms with Crippen LogP contribution in [-0.2, 0) is 10.8 Å². The minimum atomic E-state index is -0.952. The number of urea groups is 1. The van der Waals surface area contributed by atoms with Crippen LogP contribution in [0.1, 0.15) is 34.1 Å². The zero-order valence-corrected chi connectivity index (χ0v) is 11.9. The molecule has 0 saturated heterocycles. The van der Waals surface area contributed by atoms with E-state index in [1.54, 1.807) is 0 Å². The number of nitrogens with one attached hydrogen (secondary N) is 2. The summed E-state index contributed by atoms with van der Waals surface area (Å²) < 4.78 is 11.4. The van der Waals surface area contributed by atoms with Gasteiger partial charge in [-0.25, -0.2) is 4.79 Å². The first-order valence-electron chi connectivity index (χ1n) is 5.81. The van der Waals surface area contributed by atoms with Crippen LogP contribution < -0.4 is 10.6 Å². The van der Waals surface area contributed by atoms with E-state index in [2.05, 4.69) is 10.6 Å². The van der Waals surface area contributed by atoms with E-state index in [0.29, 0.717) is 18.7 Å². The first-order chi connectivity index (χ1) is 7.77. The minimum Gasteiger partial charge on any atom is -0.396 e. The van der Waals surface area contributed by atoms with Crippen molar-refractivity contribution in [1.29, 1.82) is 0 Å². The van der Waals surface area contributed by atoms with Crippen LogP contribution in [0, 0.1) is 0 Å². The summed E-state index contributed by atoms with van der Waals surface area (Å²) in [5.41, 5.74) is 0. The molecular formula is C11H24N2O3S. The van der Waals surface area contributed by atoms with Crippen molar-refractivity contribution in [2.45, 2.75) is 44.9 Å². The summed E-state index contributed by atoms with van der Waals surface area (Å²) in [5, 5.41) is 14.0. The number of carbonyl (C=O) groups is 1. The molecule has 0 radical (unpaired) electrons. The van der Waals surface area contributed by atoms with Crippen LogP contribution in [0.4, 0.5) is 4.79 Å². The lowest BCUT2D eigenvalue weighted by molar-refractivity contribution is 0.231. The van der Waals surface area contributed by atoms with Gasteiger partial charge in [0.2, 0.25) is 0 Å². The van der Waals surface area contributed by atoms with Gasteiger partial charge in [-0.2, -0.15) is 0 Å². The fourth-order valence-corrected chi connectivity index (χ4v) is 2.00. The largest absolute Gasteiger partial charge is 0.396 e. The van der Waals surface area contributed by atoms with E-state index in [0.717, 1.165) is 0 Å². The van der Waals surface area contributed by atoms with Crippen molar-refractivity contribution in [3.05, 3.63) is 0 Å². The standard InChI is InChI=1S/C11H24N2O3S/c1-9(5-7-14)13-10(15)12-6-8-17(16)11(2,3)4/h9,14H,5-8H2,1-4H3,(H2,12,13,15)/t9-,17?/m1/s1. The Morgan fingerprint density at radius 2 is 2.00 bits per heavy atom. The van der Waals surface area contributed by atoms with Crippen LogP contribution in [0.15, 0.2) is 0 Å². The summed E-state index contributed by atoms with van der Waals surface area (Å²) in [5.74, 6) is 0.450. The molecule has 0 aliphatic carbocycles. The molecular weight excluding hydrogens is 240 g/mol. The summed E-state index contributed by atoms with van der Waals surface area (Å²) >= 11 is 0. The van der Waals surface area contributed by atoms with Crippen molar-refractivity contribution in [3.8, 4) is 0 Å². The molecule has 2 atom stereocenters. The molecule has 0 rings (SSSR count). The Kier molecular flexibility index (Phi) is 7.38. The van der Waals surface area contributed by atoms with Gasteiger partial charge >= 0.3 is 6.03 Å². The Morgan fingerprint density at radius 1 is 1.41 bits per heavy atom. The quantitative estimate of drug-likeness (QED) is 0.657. The van der Waals surface area contributed by atoms with E-state index in [1.807, 2.05) is 27.7 Å². The third-order valence-corrected chi connectivity index (χ3v) is 4.14. The molecule has 6 heteroatoms. The zero-order valence-electron chi connectivity index (χ0n) is 11.1. The average Bonchev–Trinajstić information content (AvgIpc) is 2.16. The Morgan fingerprint density at radius 3 is 2.47 bits per heavy atom. The molecule has 2 amide bonds. The molecule has 0 aromatic rings. The predicted molar refractivity (Wildman–Crippen MR) is 70.5 cm³/mol. The Balaban J connectivity index is 3.76. The molecule has 0 heterocycles. The SMILES string of the molecule is C[C@H](CCO)NC(=O)NCCS(=O)C(C)(C)C. The van der Waals surface area contributed by atoms with Crippen molar-refractivity contribution in [1.82, 2.24) is 10.6 Å². The maximum Gasteiger partial charge on any atom is 0.315 e. The van der Waals surface area contributed by atoms with Crippen molar-refractivity contribution >= 4 is 16.8 Å². The normalized spacial score (nSPS) is 15.1. The second-order valence-electron chi connectivity index (χ2n) is 4.98. The van der Waals surface area contributed by atoms with Gasteiger partial charge in [-0.05, 0) is 34.1 Å². The molecule has 102 valence electrons. The fourth-order valence-electron chi connectivity index (χ4n) is 1.10. The minimum absolute atomic E-state index is 0.0511. The first-order valence-corrected chi connectivity index (χ1v) is 7.13. The van der Waals surface area contributed by atoms with Crippen LogP contribution in [0.3, 0.4) is 0 Å². The summed E-state index contributed by atoms with van der Waals surface area (Å²) in [6, 6.07) is -0.343. The van der Waals surface area contributed by atoms with Gasteiger partial charge in [0, 0.05) is 40.5 Å². The van der Waals surface area contributed by atoms with Gasteiger partial charge in [0.25, 0.3) is 0 Å². The van der Waals surface area contributed by atoms with E-state index < -0.39 is 10.8 Å². The van der Waals surface area contributed by atoms with Crippen molar-refractivity contribution in [2.24, 2.45) is 0 Å². The van der Waals surface area contributed by atoms with E-state index >= 15 is 0 Å². The smallest absolute Gasteiger partial charge is 0.315 e. The second-order valence-corrected chi connectivity index (χ2v) is 7.30. The maximum absolute atomic E-state index is 11.7. The highest BCUT2D eigenvalue weighted by Gasteiger charge is 2.18. The van der Waals surface area contributed by atoms with Gasteiger partial charge in [0.15, 0.2) is 0 Å². The zero-order chi connectivity index (χ0) is 13.5. The molecule has 1 unspecified atom stereocenters. The highest BCUT2D eigenvalue weighted by Crippen LogP contribution is 2.10. The van der Waals surface area contributed by atoms with Gasteiger partial charge in [-0.1, -0.05) is 0 Å². The molecule has 0 fully saturated rings. The van der Waals surface area contributed by atoms with Gasteiger partial charge in [-0.3, -0.25) is 4.21 Å². The lowest BCUT2D eigenvalue weighted by Gasteiger charge is -2.18. The fraction of sp³-hybridized carbons (Fsp3) is 0.909. The highest BCUT2D eigenvalue weighted by atomic mass is 32.2. The Bertz CT molecular complexity index is 264. The molecule has 3 N–H and O–H groups in total. The van der Waals surface area contributed by atoms with Crippen molar-refractivity contribution in [3.63, 3.8) is 0 Å². The molecule has 0 bridgehead atoms. The van der Waals surface area contributed by atoms with Crippen LogP contribution in [-0.4, -0.2) is 45.0 Å². The lowest BCUT2D eigenvalue weighted by atomic mass is 10.2. The molecule has 0 saturated carbocycles. The molecule has 17 heavy (non-hydrogen) atoms. The topological polar surface area (TPSA) is 78.4 Å². The van der Waals surface area contributed by atoms with E-state index in [1.165, 1.54) is 0 Å². The lowest BCUT2D eigenvalue weighted by Crippen LogP contribution is -2.43. The Hall–Kier alpha value is -0.620. The maximum atomic E-state index is 11.7. The first kappa shape index (κ1) is 16.4. The van der Waals surface area contributed by atoms with Gasteiger partial charge < -0.3 is 15.7 Å². The molecule has 0 spiro atoms. The monoisotopic (exact) mass is 264 g/mol. The van der Waals surface area contributed by atoms with E-state index in [-0.39, 0.29) is 23.4 Å². The average molecular weight is 264 g/mol. The molecule has 0 aliphatic heterocycles. The predicted octanol–water partition coefficient (Wildman–Crippen LogP) is 0.604. The third kappa shape index (κ3) is 8.15. The second kappa shape index (κ2) is 7.66. The van der Waals surface area contributed by atoms with E-state index in [9.17, 15) is 9.00 Å². The summed E-state index contributed by atoms with van der Waals surface area (Å²) in [6.45, 7) is 7.99. The number of hydrogen-bond acceptors (Lipinski definition) is 3. The number of hydrogen-bond donors (Lipinski definition) is 3. The molecule has 5 nitrogen and oxygen atoms in total. The molecule has 0 aliphatic rings. The number of aliphatic hydroxyl groups is 1. The van der Waals surface area contributed by atoms with Gasteiger partial charge in [0.05, 0.1) is 0 Å². The third-order valence-electron chi connectivity index (χ3n) is 2.20. The molecule has 0 aromatic carbocycles. The highest BCUT2D eigenvalue weighted by molar-refractivity contribution is 7.86. The van der Waals surface area contributed by atoms with Crippen LogP contribution in [0.2, 0.25) is 0 Å². The van der Waals surface area contributed by atoms with Crippen LogP contribution in [0.5, 0.6) is 0 Å². The van der Waals surface area contributed by atoms with Crippen molar-refractivity contribution < 1.29 is 14.1 Å². The van der Waals surface area contributed by atoms with Gasteiger partial charge in [-0.15, -0.1) is 0 Å². The number of aliphatic hydroxyl groups excluding tert-OH is 1. The van der Waals surface area contributed by atoms with Crippen LogP contribution in [0.25, 0.3) is 0 Å². The summed E-state index contributed by atoms with van der Waals surface area (Å²) in [4.78, 5) is 11.4. The van der Waals surface area contributed by atoms with E-state index in [4.69, 9.17) is 5.11 Å². The molecule has 0 aromatic heterocycles. The summed E-state index contributed by atoms with van der Waals surface area (Å²) in [7, 11) is -0.952. The number of carbonyl (C=O) groups excluding carboxylic acids is 1.